The molecule has 11 aromatic rings. The quantitative estimate of drug-likeness (QED) is 0.170. The predicted octanol–water partition coefficient (Wildman–Crippen LogP) is 14.4. The second-order valence-electron chi connectivity index (χ2n) is 11.3. The van der Waals surface area contributed by atoms with Crippen molar-refractivity contribution in [3.63, 3.8) is 0 Å². The van der Waals surface area contributed by atoms with E-state index in [0.717, 1.165) is 0 Å². The third-order valence-electron chi connectivity index (χ3n) is 8.57. The molecule has 1 nitrogen and oxygen atoms in total. The molecule has 0 aliphatic carbocycles. The van der Waals surface area contributed by atoms with Gasteiger partial charge in [-0.05, 0) is 111 Å². The number of fused-ring (bicyclic) bond motifs is 9. The number of rotatable bonds is 3. The van der Waals surface area contributed by atoms with Crippen molar-refractivity contribution in [3.05, 3.63) is 181 Å². The van der Waals surface area contributed by atoms with Crippen molar-refractivity contribution in [1.82, 2.24) is 0 Å². The molecular formula is C50H30O. The van der Waals surface area contributed by atoms with Crippen LogP contribution in [-0.2, 0) is 0 Å². The SMILES string of the molecule is [2H]c1c([2H])c([2H])c2c(-c3c4c([2H])c([2H])c([2H])c([2H])c4c(-c4c([2H])c([2H])c([2H])c5c([2H])c([2H])c(-c6c([2H])c([2H])c7c(oc8c([2H])c([2H])c9c([2H])c([2H])c([2H])c([2H])c9c87)c6[2H])c([2H])c45)c4c([2H])c([2H])c([2H])c([2H])c34)c([2H])c([2H])c([2H])c2c1[2H]. The fourth-order valence-corrected chi connectivity index (χ4v) is 6.42. The van der Waals surface area contributed by atoms with Crippen LogP contribution in [0.2, 0.25) is 0 Å². The molecule has 11 rings (SSSR count). The summed E-state index contributed by atoms with van der Waals surface area (Å²) in [5, 5.41) is -7.77. The van der Waals surface area contributed by atoms with Gasteiger partial charge in [0.2, 0.25) is 0 Å². The van der Waals surface area contributed by atoms with Crippen LogP contribution in [0.4, 0.5) is 0 Å². The summed E-state index contributed by atoms with van der Waals surface area (Å²) in [4.78, 5) is 0. The molecule has 0 amide bonds. The Kier molecular flexibility index (Phi) is 2.50. The molecule has 51 heavy (non-hydrogen) atoms. The monoisotopic (exact) mass is 676 g/mol. The third kappa shape index (κ3) is 4.22. The van der Waals surface area contributed by atoms with E-state index in [1.165, 1.54) is 0 Å². The van der Waals surface area contributed by atoms with E-state index in [-0.39, 0.29) is 5.39 Å². The summed E-state index contributed by atoms with van der Waals surface area (Å²) >= 11 is 0. The average Bonchev–Trinajstić information content (AvgIpc) is 3.99. The molecule has 0 unspecified atom stereocenters. The molecule has 236 valence electrons. The van der Waals surface area contributed by atoms with Crippen LogP contribution in [0.1, 0.15) is 41.1 Å². The Morgan fingerprint density at radius 2 is 0.784 bits per heavy atom. The van der Waals surface area contributed by atoms with E-state index in [1.807, 2.05) is 0 Å². The second kappa shape index (κ2) is 10.9. The minimum absolute atomic E-state index is 0.358. The van der Waals surface area contributed by atoms with Crippen molar-refractivity contribution in [2.45, 2.75) is 0 Å². The lowest BCUT2D eigenvalue weighted by Crippen LogP contribution is -1.92. The van der Waals surface area contributed by atoms with Gasteiger partial charge < -0.3 is 4.42 Å². The summed E-state index contributed by atoms with van der Waals surface area (Å²) < 4.78 is 279. The Hall–Kier alpha value is -6.70. The Morgan fingerprint density at radius 1 is 0.314 bits per heavy atom. The third-order valence-corrected chi connectivity index (χ3v) is 8.57. The topological polar surface area (TPSA) is 13.1 Å². The molecule has 10 aromatic carbocycles. The number of furan rings is 1. The maximum atomic E-state index is 10.0. The van der Waals surface area contributed by atoms with Gasteiger partial charge in [0.25, 0.3) is 0 Å². The molecule has 0 N–H and O–H groups in total. The van der Waals surface area contributed by atoms with Crippen molar-refractivity contribution in [2.75, 3.05) is 0 Å². The Morgan fingerprint density at radius 3 is 1.45 bits per heavy atom. The van der Waals surface area contributed by atoms with E-state index in [0.29, 0.717) is 0 Å². The fourth-order valence-electron chi connectivity index (χ4n) is 6.42. The molecule has 0 bridgehead atoms. The van der Waals surface area contributed by atoms with Crippen LogP contribution in [0.25, 0.3) is 109 Å². The zero-order valence-electron chi connectivity index (χ0n) is 55.4. The summed E-state index contributed by atoms with van der Waals surface area (Å²) in [5.74, 6) is 0. The molecule has 0 saturated carbocycles. The highest BCUT2D eigenvalue weighted by Gasteiger charge is 2.19. The fraction of sp³-hybridized carbons (Fsp3) is 0. The molecule has 0 spiro atoms. The largest absolute Gasteiger partial charge is 0.456 e. The lowest BCUT2D eigenvalue weighted by atomic mass is 9.83. The van der Waals surface area contributed by atoms with E-state index >= 15 is 0 Å². The van der Waals surface area contributed by atoms with Crippen molar-refractivity contribution in [1.29, 1.82) is 0 Å². The van der Waals surface area contributed by atoms with E-state index in [9.17, 15) is 16.4 Å². The van der Waals surface area contributed by atoms with Gasteiger partial charge in [0.15, 0.2) is 0 Å². The normalized spacial score (nSPS) is 20.2. The molecular weight excluding hydrogens is 617 g/mol. The number of hydrogen-bond acceptors (Lipinski definition) is 1. The summed E-state index contributed by atoms with van der Waals surface area (Å²) in [5.41, 5.74) is -6.08. The first kappa shape index (κ1) is 11.7. The van der Waals surface area contributed by atoms with Gasteiger partial charge in [-0.1, -0.05) is 157 Å². The van der Waals surface area contributed by atoms with Crippen LogP contribution in [0, 0.1) is 0 Å². The molecule has 0 radical (unpaired) electrons. The van der Waals surface area contributed by atoms with Crippen LogP contribution in [0.3, 0.4) is 0 Å². The highest BCUT2D eigenvalue weighted by molar-refractivity contribution is 6.25. The van der Waals surface area contributed by atoms with Crippen LogP contribution >= 0.6 is 0 Å². The van der Waals surface area contributed by atoms with Crippen LogP contribution in [0.5, 0.6) is 0 Å². The van der Waals surface area contributed by atoms with E-state index in [2.05, 4.69) is 0 Å². The Balaban J connectivity index is 1.41. The predicted molar refractivity (Wildman–Crippen MR) is 218 cm³/mol. The number of hydrogen-bond donors (Lipinski definition) is 0. The molecule has 1 aromatic heterocycles. The second-order valence-corrected chi connectivity index (χ2v) is 11.3. The molecule has 0 aliphatic rings. The van der Waals surface area contributed by atoms with Crippen LogP contribution < -0.4 is 0 Å². The maximum Gasteiger partial charge on any atom is 0.136 e. The van der Waals surface area contributed by atoms with Gasteiger partial charge in [0.1, 0.15) is 11.2 Å². The van der Waals surface area contributed by atoms with Gasteiger partial charge >= 0.3 is 0 Å². The Labute approximate surface area is 336 Å². The van der Waals surface area contributed by atoms with Crippen molar-refractivity contribution < 1.29 is 45.5 Å². The van der Waals surface area contributed by atoms with E-state index in [1.54, 1.807) is 0 Å². The highest BCUT2D eigenvalue weighted by Crippen LogP contribution is 2.47. The lowest BCUT2D eigenvalue weighted by molar-refractivity contribution is 0.669. The Bertz CT molecular complexity index is 4840. The summed E-state index contributed by atoms with van der Waals surface area (Å²) in [7, 11) is 0. The first-order valence-electron chi connectivity index (χ1n) is 30.2. The maximum absolute atomic E-state index is 10.0. The summed E-state index contributed by atoms with van der Waals surface area (Å²) in [6.45, 7) is 0. The van der Waals surface area contributed by atoms with Gasteiger partial charge in [-0.2, -0.15) is 0 Å². The van der Waals surface area contributed by atoms with Crippen LogP contribution in [0.15, 0.2) is 186 Å². The van der Waals surface area contributed by atoms with Crippen molar-refractivity contribution >= 4 is 75.8 Å². The molecule has 1 heterocycles. The van der Waals surface area contributed by atoms with Crippen LogP contribution in [-0.4, -0.2) is 0 Å². The molecule has 0 fully saturated rings. The van der Waals surface area contributed by atoms with Gasteiger partial charge in [0, 0.05) is 10.8 Å². The standard InChI is InChI=1S/C50H30O/c1-3-15-36-31(11-1)13-9-21-38(36)48-39-17-5-7-19-41(39)49(42-20-8-6-18-40(42)48)43-22-10-14-33-23-24-34(29-45(33)43)35-25-27-44-47(30-35)51-46-28-26-32-12-2-4-16-37(32)50(44)46/h1-30H/i1D,2D,3D,4D,5D,6D,7D,8D,9D,10D,11D,12D,13D,14D,15D,16D,17D,18D,19D,20D,21D,22D,23D,24D,25D,26D,27D,28D,29D,30D. The first-order chi connectivity index (χ1) is 37.8. The van der Waals surface area contributed by atoms with Gasteiger partial charge in [-0.3, -0.25) is 0 Å². The van der Waals surface area contributed by atoms with Gasteiger partial charge in [-0.25, -0.2) is 0 Å². The zero-order chi connectivity index (χ0) is 59.6. The zero-order valence-corrected chi connectivity index (χ0v) is 25.4. The first-order valence-corrected chi connectivity index (χ1v) is 15.2. The smallest absolute Gasteiger partial charge is 0.136 e. The van der Waals surface area contributed by atoms with Gasteiger partial charge in [0.05, 0.1) is 41.1 Å². The molecule has 0 saturated heterocycles. The summed E-state index contributed by atoms with van der Waals surface area (Å²) in [6, 6.07) is -28.3. The lowest BCUT2D eigenvalue weighted by Gasteiger charge is -2.20. The molecule has 0 atom stereocenters. The van der Waals surface area contributed by atoms with E-state index in [4.69, 9.17) is 29.1 Å². The molecule has 1 heteroatoms. The summed E-state index contributed by atoms with van der Waals surface area (Å²) in [6.07, 6.45) is 0. The van der Waals surface area contributed by atoms with E-state index < -0.39 is 285 Å². The molecule has 0 aliphatic heterocycles. The van der Waals surface area contributed by atoms with Gasteiger partial charge in [-0.15, -0.1) is 0 Å². The van der Waals surface area contributed by atoms with Crippen molar-refractivity contribution in [3.8, 4) is 33.4 Å². The minimum Gasteiger partial charge on any atom is -0.456 e. The minimum atomic E-state index is -1.09. The van der Waals surface area contributed by atoms with Crippen molar-refractivity contribution in [2.24, 2.45) is 0 Å². The number of benzene rings is 10. The highest BCUT2D eigenvalue weighted by atomic mass is 16.3. The average molecular weight is 677 g/mol.